The third kappa shape index (κ3) is 4.57. The van der Waals surface area contributed by atoms with E-state index in [1.807, 2.05) is 6.92 Å². The molecule has 13 heteroatoms. The number of esters is 1. The number of fused-ring (bicyclic) bond motifs is 5. The van der Waals surface area contributed by atoms with Crippen molar-refractivity contribution < 1.29 is 38.7 Å². The van der Waals surface area contributed by atoms with Crippen LogP contribution in [0.5, 0.6) is 28.7 Å². The molecule has 0 saturated carbocycles. The molecule has 7 atom stereocenters. The Morgan fingerprint density at radius 1 is 1.04 bits per heavy atom. The highest BCUT2D eigenvalue weighted by atomic mass is 32.2. The van der Waals surface area contributed by atoms with E-state index in [2.05, 4.69) is 47.6 Å². The highest BCUT2D eigenvalue weighted by molar-refractivity contribution is 7.99. The molecule has 7 heterocycles. The average Bonchev–Trinajstić information content (AvgIpc) is 3.66. The topological polar surface area (TPSA) is 137 Å². The van der Waals surface area contributed by atoms with Gasteiger partial charge in [-0.1, -0.05) is 13.0 Å². The molecule has 0 aliphatic carbocycles. The fourth-order valence-corrected chi connectivity index (χ4v) is 13.1. The molecular weight excluding hydrogens is 721 g/mol. The Balaban J connectivity index is 1.33. The van der Waals surface area contributed by atoms with Crippen LogP contribution >= 0.6 is 11.8 Å². The fraction of sp³-hybridized carbons (Fsp3) is 0.524. The number of carbonyl (C=O) groups is 1. The molecule has 55 heavy (non-hydrogen) atoms. The smallest absolute Gasteiger partial charge is 0.332 e. The highest BCUT2D eigenvalue weighted by Crippen LogP contribution is 2.64. The van der Waals surface area contributed by atoms with E-state index in [4.69, 9.17) is 23.7 Å². The summed E-state index contributed by atoms with van der Waals surface area (Å²) in [7, 11) is 1.68. The quantitative estimate of drug-likeness (QED) is 0.347. The zero-order valence-electron chi connectivity index (χ0n) is 31.8. The fourth-order valence-electron chi connectivity index (χ4n) is 11.3. The molecule has 0 radical (unpaired) electrons. The molecule has 2 N–H and O–H groups in total. The van der Waals surface area contributed by atoms with Crippen LogP contribution in [0, 0.1) is 32.1 Å². The highest BCUT2D eigenvalue weighted by Gasteiger charge is 2.62. The summed E-state index contributed by atoms with van der Waals surface area (Å²) in [6.45, 7) is 9.62. The van der Waals surface area contributed by atoms with Gasteiger partial charge in [0.15, 0.2) is 28.5 Å². The third-order valence-electron chi connectivity index (χ3n) is 13.8. The van der Waals surface area contributed by atoms with Gasteiger partial charge in [0.1, 0.15) is 18.5 Å². The van der Waals surface area contributed by atoms with E-state index in [-0.39, 0.29) is 61.9 Å². The number of aromatic hydroxyl groups is 1. The van der Waals surface area contributed by atoms with Crippen LogP contribution in [-0.2, 0) is 34.5 Å². The summed E-state index contributed by atoms with van der Waals surface area (Å²) in [5.41, 5.74) is 8.12. The number of benzene rings is 3. The Kier molecular flexibility index (Phi) is 8.11. The number of ether oxygens (including phenoxy) is 5. The third-order valence-corrected chi connectivity index (χ3v) is 15.2. The van der Waals surface area contributed by atoms with Crippen molar-refractivity contribution in [3.05, 3.63) is 73.8 Å². The van der Waals surface area contributed by atoms with Crippen LogP contribution in [0.2, 0.25) is 0 Å². The molecule has 3 aromatic carbocycles. The van der Waals surface area contributed by atoms with Crippen LogP contribution in [0.25, 0.3) is 0 Å². The predicted molar refractivity (Wildman–Crippen MR) is 203 cm³/mol. The van der Waals surface area contributed by atoms with E-state index < -0.39 is 17.6 Å². The molecule has 3 aromatic rings. The van der Waals surface area contributed by atoms with Gasteiger partial charge in [-0.25, -0.2) is 4.79 Å². The van der Waals surface area contributed by atoms with Crippen molar-refractivity contribution in [1.29, 1.82) is 5.26 Å². The molecule has 12 nitrogen and oxygen atoms in total. The largest absolute Gasteiger partial charge is 0.508 e. The lowest BCUT2D eigenvalue weighted by molar-refractivity contribution is -0.162. The van der Waals surface area contributed by atoms with Crippen molar-refractivity contribution in [2.75, 3.05) is 46.1 Å². The molecule has 10 rings (SSSR count). The first-order valence-corrected chi connectivity index (χ1v) is 20.4. The maximum Gasteiger partial charge on any atom is 0.332 e. The second-order valence-electron chi connectivity index (χ2n) is 15.9. The lowest BCUT2D eigenvalue weighted by Gasteiger charge is -2.62. The van der Waals surface area contributed by atoms with Crippen LogP contribution in [0.1, 0.15) is 86.3 Å². The monoisotopic (exact) mass is 766 g/mol. The van der Waals surface area contributed by atoms with Crippen LogP contribution in [0.3, 0.4) is 0 Å². The Morgan fingerprint density at radius 3 is 2.62 bits per heavy atom. The number of nitrogens with zero attached hydrogens (tertiary/aromatic N) is 4. The van der Waals surface area contributed by atoms with Gasteiger partial charge >= 0.3 is 5.97 Å². The molecule has 0 unspecified atom stereocenters. The number of aliphatic hydroxyl groups is 1. The summed E-state index contributed by atoms with van der Waals surface area (Å²) in [6.07, 6.45) is 1.68. The molecule has 1 saturated heterocycles. The van der Waals surface area contributed by atoms with Gasteiger partial charge in [0, 0.05) is 58.8 Å². The summed E-state index contributed by atoms with van der Waals surface area (Å²) < 4.78 is 32.3. The van der Waals surface area contributed by atoms with Gasteiger partial charge in [-0.15, -0.1) is 11.8 Å². The number of cyclic esters (lactones) is 1. The van der Waals surface area contributed by atoms with Gasteiger partial charge in [-0.2, -0.15) is 5.26 Å². The molecule has 7 aliphatic rings. The number of likely N-dealkylation sites (N-methyl/N-ethyl adjacent to an activating group) is 1. The van der Waals surface area contributed by atoms with E-state index in [0.717, 1.165) is 51.4 Å². The number of hydrogen-bond acceptors (Lipinski definition) is 13. The second kappa shape index (κ2) is 12.7. The molecule has 0 amide bonds. The molecular formula is C42H46N4O8S. The SMILES string of the molecule is CCN1[C@@H]2c3c4cc(C)c(OC)c3OCN3CCc5cc(O)c(CO)cc5[C@@]35CS[C@@H]3c6c(C)c(C)c7c(c6[C@H](CCOC5=O)N([C@@H]32)[C@@H](C#N)[C@@H]1C4)OCO7. The second-order valence-corrected chi connectivity index (χ2v) is 17.1. The number of hydrogen-bond donors (Lipinski definition) is 2. The van der Waals surface area contributed by atoms with E-state index in [1.165, 1.54) is 11.1 Å². The van der Waals surface area contributed by atoms with Gasteiger partial charge in [-0.3, -0.25) is 14.7 Å². The van der Waals surface area contributed by atoms with Gasteiger partial charge in [0.2, 0.25) is 6.79 Å². The van der Waals surface area contributed by atoms with Gasteiger partial charge in [0.25, 0.3) is 0 Å². The van der Waals surface area contributed by atoms with Crippen LogP contribution in [0.15, 0.2) is 18.2 Å². The van der Waals surface area contributed by atoms with E-state index in [0.29, 0.717) is 54.2 Å². The normalized spacial score (nSPS) is 30.4. The predicted octanol–water partition coefficient (Wildman–Crippen LogP) is 4.99. The summed E-state index contributed by atoms with van der Waals surface area (Å²) in [5, 5.41) is 32.4. The minimum atomic E-state index is -1.33. The maximum absolute atomic E-state index is 15.2. The summed E-state index contributed by atoms with van der Waals surface area (Å²) >= 11 is 1.73. The van der Waals surface area contributed by atoms with Gasteiger partial charge in [0.05, 0.1) is 32.4 Å². The standard InChI is InChI=1S/C42H46N4O8S/c1-6-45-28-13-24-11-20(2)36(50-5)38-32(24)34(45)35-40-31-21(3)22(4)37-39(54-19-53-37)33(31)27(46(35)29(28)15-43)8-10-51-41(49)42(17-55-40)26-12-25(16-47)30(48)14-23(26)7-9-44(42)18-52-38/h11-12,14,27-29,34-35,40,47-48H,6-10,13,16-19H2,1-5H3/t27-,28-,29-,34+,35+,40+,42+/m0/s1. The number of phenols is 1. The van der Waals surface area contributed by atoms with Crippen LogP contribution < -0.4 is 18.9 Å². The van der Waals surface area contributed by atoms with E-state index in [9.17, 15) is 15.5 Å². The minimum Gasteiger partial charge on any atom is -0.508 e. The Morgan fingerprint density at radius 2 is 1.85 bits per heavy atom. The Labute approximate surface area is 324 Å². The lowest BCUT2D eigenvalue weighted by atomic mass is 9.70. The molecule has 0 aromatic heterocycles. The number of piperazine rings is 1. The first-order valence-electron chi connectivity index (χ1n) is 19.4. The number of nitriles is 1. The molecule has 7 aliphatic heterocycles. The maximum atomic E-state index is 15.2. The van der Waals surface area contributed by atoms with Crippen molar-refractivity contribution in [2.45, 2.75) is 94.6 Å². The summed E-state index contributed by atoms with van der Waals surface area (Å²) in [4.78, 5) is 22.3. The average molecular weight is 767 g/mol. The van der Waals surface area contributed by atoms with E-state index in [1.54, 1.807) is 31.0 Å². The number of aryl methyl sites for hydroxylation is 1. The van der Waals surface area contributed by atoms with Crippen LogP contribution in [-0.4, -0.2) is 95.1 Å². The molecule has 288 valence electrons. The van der Waals surface area contributed by atoms with Crippen molar-refractivity contribution >= 4 is 17.7 Å². The molecule has 1 spiro atoms. The summed E-state index contributed by atoms with van der Waals surface area (Å²) in [6, 6.07) is 7.27. The van der Waals surface area contributed by atoms with E-state index >= 15 is 4.79 Å². The molecule has 1 fully saturated rings. The number of carbonyl (C=O) groups excluding carboxylic acids is 1. The van der Waals surface area contributed by atoms with Crippen molar-refractivity contribution in [1.82, 2.24) is 14.7 Å². The van der Waals surface area contributed by atoms with Crippen molar-refractivity contribution in [3.63, 3.8) is 0 Å². The number of rotatable bonds is 3. The van der Waals surface area contributed by atoms with Crippen molar-refractivity contribution in [2.24, 2.45) is 0 Å². The van der Waals surface area contributed by atoms with Crippen LogP contribution in [0.4, 0.5) is 0 Å². The zero-order chi connectivity index (χ0) is 38.1. The van der Waals surface area contributed by atoms with Crippen molar-refractivity contribution in [3.8, 4) is 34.8 Å². The molecule has 5 bridgehead atoms. The minimum absolute atomic E-state index is 0.00365. The first kappa shape index (κ1) is 35.2. The first-order chi connectivity index (χ1) is 26.7. The number of aliphatic hydroxyl groups excluding tert-OH is 1. The summed E-state index contributed by atoms with van der Waals surface area (Å²) in [5.74, 6) is 2.71. The zero-order valence-corrected chi connectivity index (χ0v) is 32.6. The number of thioether (sulfide) groups is 1. The van der Waals surface area contributed by atoms with Gasteiger partial charge in [-0.05, 0) is 91.2 Å². The number of methoxy groups -OCH3 is 1. The van der Waals surface area contributed by atoms with Gasteiger partial charge < -0.3 is 33.9 Å². The lowest BCUT2D eigenvalue weighted by Crippen LogP contribution is -2.69. The Hall–Kier alpha value is -4.19. The Bertz CT molecular complexity index is 2210.